The van der Waals surface area contributed by atoms with E-state index in [1.165, 1.54) is 18.2 Å². The number of nitrogens with one attached hydrogen (secondary N) is 1. The van der Waals surface area contributed by atoms with Crippen LogP contribution in [-0.4, -0.2) is 17.8 Å². The molecule has 0 spiro atoms. The molecule has 0 aromatic heterocycles. The summed E-state index contributed by atoms with van der Waals surface area (Å²) in [5.74, 6) is -1.41. The Hall–Kier alpha value is -2.44. The minimum atomic E-state index is -0.791. The van der Waals surface area contributed by atoms with E-state index in [0.29, 0.717) is 16.3 Å². The van der Waals surface area contributed by atoms with Gasteiger partial charge in [-0.25, -0.2) is 9.69 Å². The average Bonchev–Trinajstić information content (AvgIpc) is 2.55. The summed E-state index contributed by atoms with van der Waals surface area (Å²) in [6, 6.07) is 12.5. The summed E-state index contributed by atoms with van der Waals surface area (Å²) in [5, 5.41) is 2.65. The Balaban J connectivity index is 1.99. The maximum atomic E-state index is 12.6. The number of halogens is 2. The number of benzene rings is 2. The van der Waals surface area contributed by atoms with E-state index in [0.717, 1.165) is 9.37 Å². The molecule has 24 heavy (non-hydrogen) atoms. The second kappa shape index (κ2) is 6.59. The molecule has 1 N–H and O–H groups in total. The number of carbonyl (C=O) groups is 3. The molecule has 2 aromatic carbocycles. The highest BCUT2D eigenvalue weighted by Crippen LogP contribution is 2.23. The molecule has 0 aliphatic carbocycles. The van der Waals surface area contributed by atoms with Crippen molar-refractivity contribution in [1.29, 1.82) is 0 Å². The Kier molecular flexibility index (Phi) is 4.51. The van der Waals surface area contributed by atoms with Crippen molar-refractivity contribution in [2.24, 2.45) is 0 Å². The van der Waals surface area contributed by atoms with Gasteiger partial charge in [-0.1, -0.05) is 39.7 Å². The number of urea groups is 1. The van der Waals surface area contributed by atoms with E-state index in [1.807, 2.05) is 0 Å². The average molecular weight is 406 g/mol. The third-order valence-electron chi connectivity index (χ3n) is 3.37. The van der Waals surface area contributed by atoms with E-state index in [1.54, 1.807) is 36.4 Å². The Morgan fingerprint density at radius 2 is 1.58 bits per heavy atom. The summed E-state index contributed by atoms with van der Waals surface area (Å²) in [6.45, 7) is 0. The SMILES string of the molecule is O=C1NC(=O)N(c2ccc(Cl)cc2)C(=O)/C1=C/c1ccc(Br)cc1. The van der Waals surface area contributed by atoms with Crippen LogP contribution in [0.5, 0.6) is 0 Å². The molecule has 0 saturated carbocycles. The van der Waals surface area contributed by atoms with E-state index in [2.05, 4.69) is 21.2 Å². The zero-order valence-corrected chi connectivity index (χ0v) is 14.5. The zero-order chi connectivity index (χ0) is 17.3. The van der Waals surface area contributed by atoms with Crippen LogP contribution in [0.1, 0.15) is 5.56 Å². The van der Waals surface area contributed by atoms with Gasteiger partial charge in [0.2, 0.25) is 0 Å². The topological polar surface area (TPSA) is 66.5 Å². The van der Waals surface area contributed by atoms with Gasteiger partial charge in [0.1, 0.15) is 5.57 Å². The molecule has 3 rings (SSSR count). The molecule has 1 aliphatic rings. The summed E-state index contributed by atoms with van der Waals surface area (Å²) < 4.78 is 0.877. The molecular weight excluding hydrogens is 396 g/mol. The predicted octanol–water partition coefficient (Wildman–Crippen LogP) is 3.77. The lowest BCUT2D eigenvalue weighted by atomic mass is 10.1. The number of carbonyl (C=O) groups excluding carboxylic acids is 3. The number of barbiturate groups is 1. The van der Waals surface area contributed by atoms with Crippen LogP contribution in [0.4, 0.5) is 10.5 Å². The molecule has 2 aromatic rings. The van der Waals surface area contributed by atoms with Gasteiger partial charge in [-0.05, 0) is 48.0 Å². The standard InChI is InChI=1S/C17H10BrClN2O3/c18-11-3-1-10(2-4-11)9-14-15(22)20-17(24)21(16(14)23)13-7-5-12(19)6-8-13/h1-9H,(H,20,22,24)/b14-9+. The molecule has 5 nitrogen and oxygen atoms in total. The van der Waals surface area contributed by atoms with E-state index in [4.69, 9.17) is 11.6 Å². The van der Waals surface area contributed by atoms with Crippen LogP contribution in [0.15, 0.2) is 58.6 Å². The fourth-order valence-corrected chi connectivity index (χ4v) is 2.60. The summed E-state index contributed by atoms with van der Waals surface area (Å²) >= 11 is 9.14. The van der Waals surface area contributed by atoms with Crippen LogP contribution in [0.2, 0.25) is 5.02 Å². The summed E-state index contributed by atoms with van der Waals surface area (Å²) in [5.41, 5.74) is 0.880. The highest BCUT2D eigenvalue weighted by Gasteiger charge is 2.36. The first-order chi connectivity index (χ1) is 11.5. The van der Waals surface area contributed by atoms with Crippen molar-refractivity contribution >= 4 is 57.1 Å². The van der Waals surface area contributed by atoms with E-state index in [9.17, 15) is 14.4 Å². The second-order valence-corrected chi connectivity index (χ2v) is 6.34. The number of imide groups is 2. The summed E-state index contributed by atoms with van der Waals surface area (Å²) in [4.78, 5) is 37.6. The van der Waals surface area contributed by atoms with Gasteiger partial charge in [-0.2, -0.15) is 0 Å². The Labute approximate surface area is 151 Å². The van der Waals surface area contributed by atoms with E-state index in [-0.39, 0.29) is 5.57 Å². The molecule has 1 saturated heterocycles. The number of anilines is 1. The number of amides is 4. The van der Waals surface area contributed by atoms with Gasteiger partial charge in [0.15, 0.2) is 0 Å². The molecule has 0 unspecified atom stereocenters. The van der Waals surface area contributed by atoms with Gasteiger partial charge in [0, 0.05) is 9.50 Å². The first kappa shape index (κ1) is 16.4. The molecule has 1 aliphatic heterocycles. The number of nitrogens with zero attached hydrogens (tertiary/aromatic N) is 1. The Morgan fingerprint density at radius 1 is 0.958 bits per heavy atom. The third-order valence-corrected chi connectivity index (χ3v) is 4.15. The smallest absolute Gasteiger partial charge is 0.273 e. The number of rotatable bonds is 2. The quantitative estimate of drug-likeness (QED) is 0.611. The van der Waals surface area contributed by atoms with Crippen molar-refractivity contribution in [3.05, 3.63) is 69.2 Å². The third kappa shape index (κ3) is 3.25. The first-order valence-electron chi connectivity index (χ1n) is 6.88. The zero-order valence-electron chi connectivity index (χ0n) is 12.1. The number of hydrogen-bond donors (Lipinski definition) is 1. The highest BCUT2D eigenvalue weighted by molar-refractivity contribution is 9.10. The maximum absolute atomic E-state index is 12.6. The molecular formula is C17H10BrClN2O3. The predicted molar refractivity (Wildman–Crippen MR) is 94.6 cm³/mol. The van der Waals surface area contributed by atoms with Crippen molar-refractivity contribution in [3.8, 4) is 0 Å². The minimum Gasteiger partial charge on any atom is -0.273 e. The summed E-state index contributed by atoms with van der Waals surface area (Å²) in [7, 11) is 0. The van der Waals surface area contributed by atoms with Crippen molar-refractivity contribution in [2.75, 3.05) is 4.90 Å². The van der Waals surface area contributed by atoms with Crippen LogP contribution >= 0.6 is 27.5 Å². The van der Waals surface area contributed by atoms with Crippen molar-refractivity contribution in [3.63, 3.8) is 0 Å². The molecule has 0 bridgehead atoms. The van der Waals surface area contributed by atoms with E-state index < -0.39 is 17.8 Å². The summed E-state index contributed by atoms with van der Waals surface area (Å²) in [6.07, 6.45) is 1.44. The first-order valence-corrected chi connectivity index (χ1v) is 8.05. The lowest BCUT2D eigenvalue weighted by molar-refractivity contribution is -0.122. The molecule has 4 amide bonds. The molecule has 0 atom stereocenters. The number of hydrogen-bond acceptors (Lipinski definition) is 3. The van der Waals surface area contributed by atoms with Gasteiger partial charge < -0.3 is 0 Å². The molecule has 0 radical (unpaired) electrons. The Morgan fingerprint density at radius 3 is 2.21 bits per heavy atom. The fourth-order valence-electron chi connectivity index (χ4n) is 2.21. The van der Waals surface area contributed by atoms with Crippen LogP contribution in [-0.2, 0) is 9.59 Å². The van der Waals surface area contributed by atoms with Crippen molar-refractivity contribution in [1.82, 2.24) is 5.32 Å². The van der Waals surface area contributed by atoms with Crippen LogP contribution in [0.25, 0.3) is 6.08 Å². The highest BCUT2D eigenvalue weighted by atomic mass is 79.9. The lowest BCUT2D eigenvalue weighted by Gasteiger charge is -2.26. The van der Waals surface area contributed by atoms with Crippen LogP contribution in [0.3, 0.4) is 0 Å². The van der Waals surface area contributed by atoms with Gasteiger partial charge in [-0.3, -0.25) is 14.9 Å². The van der Waals surface area contributed by atoms with Crippen LogP contribution in [0, 0.1) is 0 Å². The normalized spacial score (nSPS) is 16.5. The fraction of sp³-hybridized carbons (Fsp3) is 0. The van der Waals surface area contributed by atoms with Crippen molar-refractivity contribution < 1.29 is 14.4 Å². The molecule has 120 valence electrons. The van der Waals surface area contributed by atoms with Crippen LogP contribution < -0.4 is 10.2 Å². The van der Waals surface area contributed by atoms with Crippen molar-refractivity contribution in [2.45, 2.75) is 0 Å². The minimum absolute atomic E-state index is 0.119. The van der Waals surface area contributed by atoms with Gasteiger partial charge in [-0.15, -0.1) is 0 Å². The largest absolute Gasteiger partial charge is 0.335 e. The lowest BCUT2D eigenvalue weighted by Crippen LogP contribution is -2.54. The van der Waals surface area contributed by atoms with Gasteiger partial charge in [0.05, 0.1) is 5.69 Å². The molecule has 1 fully saturated rings. The monoisotopic (exact) mass is 404 g/mol. The van der Waals surface area contributed by atoms with Gasteiger partial charge in [0.25, 0.3) is 11.8 Å². The van der Waals surface area contributed by atoms with E-state index >= 15 is 0 Å². The Bertz CT molecular complexity index is 860. The maximum Gasteiger partial charge on any atom is 0.335 e. The second-order valence-electron chi connectivity index (χ2n) is 4.99. The van der Waals surface area contributed by atoms with Gasteiger partial charge >= 0.3 is 6.03 Å². The molecule has 7 heteroatoms. The molecule has 1 heterocycles.